The second-order valence-electron chi connectivity index (χ2n) is 5.27. The van der Waals surface area contributed by atoms with E-state index in [9.17, 15) is 4.79 Å². The minimum Gasteiger partial charge on any atom is -0.287 e. The molecule has 0 spiro atoms. The average Bonchev–Trinajstić information content (AvgIpc) is 2.97. The van der Waals surface area contributed by atoms with E-state index < -0.39 is 0 Å². The number of carbonyl (C=O) groups excluding carboxylic acids is 1. The maximum atomic E-state index is 12.8. The van der Waals surface area contributed by atoms with Crippen molar-refractivity contribution in [1.29, 1.82) is 0 Å². The molecule has 0 aliphatic carbocycles. The lowest BCUT2D eigenvalue weighted by molar-refractivity contribution is -0.652. The van der Waals surface area contributed by atoms with Crippen molar-refractivity contribution >= 4 is 38.1 Å². The second kappa shape index (κ2) is 5.35. The number of benzene rings is 3. The highest BCUT2D eigenvalue weighted by atomic mass is 32.1. The minimum absolute atomic E-state index is 0.144. The molecule has 4 rings (SSSR count). The molecule has 0 fully saturated rings. The molecule has 0 amide bonds. The van der Waals surface area contributed by atoms with Crippen LogP contribution < -0.4 is 4.57 Å². The van der Waals surface area contributed by atoms with E-state index >= 15 is 0 Å². The lowest BCUT2D eigenvalue weighted by atomic mass is 10.0. The van der Waals surface area contributed by atoms with Gasteiger partial charge in [-0.25, -0.2) is 0 Å². The number of ketones is 1. The molecular weight excluding hydrogens is 290 g/mol. The van der Waals surface area contributed by atoms with Crippen molar-refractivity contribution in [2.75, 3.05) is 0 Å². The van der Waals surface area contributed by atoms with E-state index in [1.807, 2.05) is 64.7 Å². The monoisotopic (exact) mass is 304 g/mol. The molecule has 1 heterocycles. The number of nitrogens with zero attached hydrogens (tertiary/aromatic N) is 1. The lowest BCUT2D eigenvalue weighted by Crippen LogP contribution is -2.36. The van der Waals surface area contributed by atoms with Gasteiger partial charge < -0.3 is 0 Å². The van der Waals surface area contributed by atoms with E-state index in [0.29, 0.717) is 6.54 Å². The molecule has 22 heavy (non-hydrogen) atoms. The van der Waals surface area contributed by atoms with Gasteiger partial charge in [0.1, 0.15) is 4.70 Å². The summed E-state index contributed by atoms with van der Waals surface area (Å²) < 4.78 is 3.23. The summed E-state index contributed by atoms with van der Waals surface area (Å²) >= 11 is 1.67. The predicted octanol–water partition coefficient (Wildman–Crippen LogP) is 4.22. The van der Waals surface area contributed by atoms with Crippen molar-refractivity contribution in [2.24, 2.45) is 0 Å². The molecule has 3 aromatic carbocycles. The first-order valence-electron chi connectivity index (χ1n) is 7.19. The first kappa shape index (κ1) is 13.2. The quantitative estimate of drug-likeness (QED) is 0.410. The van der Waals surface area contributed by atoms with Gasteiger partial charge in [-0.1, -0.05) is 65.9 Å². The Labute approximate surface area is 132 Å². The largest absolute Gasteiger partial charge is 0.287 e. The average molecular weight is 304 g/mol. The Morgan fingerprint density at radius 3 is 2.64 bits per heavy atom. The van der Waals surface area contributed by atoms with Crippen LogP contribution >= 0.6 is 11.3 Å². The van der Waals surface area contributed by atoms with Gasteiger partial charge in [0.05, 0.1) is 0 Å². The molecule has 4 aromatic rings. The van der Waals surface area contributed by atoms with E-state index in [0.717, 1.165) is 21.9 Å². The molecule has 0 N–H and O–H groups in total. The molecule has 0 atom stereocenters. The maximum Gasteiger partial charge on any atom is 0.228 e. The number of thiazole rings is 1. The first-order valence-corrected chi connectivity index (χ1v) is 8.07. The van der Waals surface area contributed by atoms with Crippen LogP contribution in [0.15, 0.2) is 72.2 Å². The smallest absolute Gasteiger partial charge is 0.228 e. The maximum absolute atomic E-state index is 12.8. The summed E-state index contributed by atoms with van der Waals surface area (Å²) in [4.78, 5) is 12.8. The van der Waals surface area contributed by atoms with E-state index in [4.69, 9.17) is 0 Å². The van der Waals surface area contributed by atoms with Crippen molar-refractivity contribution in [2.45, 2.75) is 6.54 Å². The summed E-state index contributed by atoms with van der Waals surface area (Å²) in [6.07, 6.45) is 0. The van der Waals surface area contributed by atoms with Crippen molar-refractivity contribution < 1.29 is 9.36 Å². The number of carbonyl (C=O) groups is 1. The van der Waals surface area contributed by atoms with Gasteiger partial charge in [0.15, 0.2) is 0 Å². The first-order chi connectivity index (χ1) is 10.8. The molecule has 0 aliphatic heterocycles. The fraction of sp³-hybridized carbons (Fsp3) is 0.0526. The third-order valence-electron chi connectivity index (χ3n) is 3.89. The third kappa shape index (κ3) is 2.20. The molecule has 1 aromatic heterocycles. The van der Waals surface area contributed by atoms with E-state index in [-0.39, 0.29) is 5.78 Å². The van der Waals surface area contributed by atoms with Crippen LogP contribution in [0, 0.1) is 0 Å². The van der Waals surface area contributed by atoms with Crippen LogP contribution in [-0.2, 0) is 6.54 Å². The van der Waals surface area contributed by atoms with Gasteiger partial charge >= 0.3 is 0 Å². The minimum atomic E-state index is 0.144. The highest BCUT2D eigenvalue weighted by Crippen LogP contribution is 2.20. The van der Waals surface area contributed by atoms with Gasteiger partial charge in [-0.05, 0) is 16.8 Å². The number of Topliss-reactive ketones (excluding diaryl/α,β-unsaturated/α-hetero) is 1. The predicted molar refractivity (Wildman–Crippen MR) is 90.3 cm³/mol. The fourth-order valence-electron chi connectivity index (χ4n) is 2.80. The molecular formula is C19H14NOS+. The van der Waals surface area contributed by atoms with Crippen LogP contribution in [0.25, 0.3) is 21.0 Å². The highest BCUT2D eigenvalue weighted by Gasteiger charge is 2.18. The van der Waals surface area contributed by atoms with Crippen molar-refractivity contribution in [1.82, 2.24) is 0 Å². The molecule has 0 radical (unpaired) electrons. The zero-order valence-corrected chi connectivity index (χ0v) is 12.7. The van der Waals surface area contributed by atoms with Crippen LogP contribution in [0.2, 0.25) is 0 Å². The SMILES string of the molecule is O=C(C[n+]1csc2ccccc21)c1cccc2ccccc12. The van der Waals surface area contributed by atoms with E-state index in [1.165, 1.54) is 4.70 Å². The summed E-state index contributed by atoms with van der Waals surface area (Å²) in [6.45, 7) is 0.373. The van der Waals surface area contributed by atoms with Crippen LogP contribution in [0.3, 0.4) is 0 Å². The summed E-state index contributed by atoms with van der Waals surface area (Å²) in [5, 5.41) is 2.13. The summed E-state index contributed by atoms with van der Waals surface area (Å²) in [5.74, 6) is 0.144. The lowest BCUT2D eigenvalue weighted by Gasteiger charge is -2.03. The van der Waals surface area contributed by atoms with Crippen molar-refractivity contribution in [3.8, 4) is 0 Å². The number of hydrogen-bond donors (Lipinski definition) is 0. The van der Waals surface area contributed by atoms with Gasteiger partial charge in [0, 0.05) is 11.6 Å². The van der Waals surface area contributed by atoms with Gasteiger partial charge in [-0.2, -0.15) is 4.57 Å². The molecule has 0 bridgehead atoms. The molecule has 0 aliphatic rings. The van der Waals surface area contributed by atoms with E-state index in [2.05, 4.69) is 12.1 Å². The Morgan fingerprint density at radius 1 is 0.909 bits per heavy atom. The van der Waals surface area contributed by atoms with Crippen LogP contribution in [0.1, 0.15) is 10.4 Å². The Balaban J connectivity index is 1.75. The fourth-order valence-corrected chi connectivity index (χ4v) is 3.69. The second-order valence-corrected chi connectivity index (χ2v) is 6.16. The zero-order valence-electron chi connectivity index (χ0n) is 11.9. The van der Waals surface area contributed by atoms with Crippen molar-refractivity contribution in [3.63, 3.8) is 0 Å². The number of fused-ring (bicyclic) bond motifs is 2. The summed E-state index contributed by atoms with van der Waals surface area (Å²) in [7, 11) is 0. The van der Waals surface area contributed by atoms with Gasteiger partial charge in [-0.3, -0.25) is 4.79 Å². The Morgan fingerprint density at radius 2 is 1.68 bits per heavy atom. The molecule has 2 nitrogen and oxygen atoms in total. The third-order valence-corrected chi connectivity index (χ3v) is 4.84. The van der Waals surface area contributed by atoms with Gasteiger partial charge in [-0.15, -0.1) is 0 Å². The Hall–Kier alpha value is -2.52. The van der Waals surface area contributed by atoms with E-state index in [1.54, 1.807) is 11.3 Å². The molecule has 0 unspecified atom stereocenters. The Kier molecular flexibility index (Phi) is 3.20. The standard InChI is InChI=1S/C19H14NOS/c21-18(12-20-13-22-19-11-4-3-10-17(19)20)16-9-5-7-14-6-1-2-8-15(14)16/h1-11,13H,12H2/q+1. The van der Waals surface area contributed by atoms with Crippen LogP contribution in [0.5, 0.6) is 0 Å². The highest BCUT2D eigenvalue weighted by molar-refractivity contribution is 7.16. The molecule has 3 heteroatoms. The summed E-state index contributed by atoms with van der Waals surface area (Å²) in [5.41, 5.74) is 3.93. The van der Waals surface area contributed by atoms with Crippen LogP contribution in [0.4, 0.5) is 0 Å². The molecule has 0 saturated heterocycles. The number of rotatable bonds is 3. The van der Waals surface area contributed by atoms with Gasteiger partial charge in [0.25, 0.3) is 0 Å². The number of aromatic nitrogens is 1. The number of para-hydroxylation sites is 1. The summed E-state index contributed by atoms with van der Waals surface area (Å²) in [6, 6.07) is 22.1. The van der Waals surface area contributed by atoms with Crippen molar-refractivity contribution in [3.05, 3.63) is 77.8 Å². The topological polar surface area (TPSA) is 20.9 Å². The van der Waals surface area contributed by atoms with Gasteiger partial charge in [0.2, 0.25) is 23.4 Å². The zero-order chi connectivity index (χ0) is 14.9. The number of hydrogen-bond acceptors (Lipinski definition) is 2. The molecule has 0 saturated carbocycles. The van der Waals surface area contributed by atoms with Crippen LogP contribution in [-0.4, -0.2) is 5.78 Å². The Bertz CT molecular complexity index is 981. The molecule has 106 valence electrons. The normalized spacial score (nSPS) is 11.1.